The van der Waals surface area contributed by atoms with Crippen molar-refractivity contribution in [3.8, 4) is 0 Å². The maximum Gasteiger partial charge on any atom is 0.139 e. The van der Waals surface area contributed by atoms with E-state index in [-0.39, 0.29) is 0 Å². The highest BCUT2D eigenvalue weighted by molar-refractivity contribution is 8.18. The molecule has 26 heavy (non-hydrogen) atoms. The largest absolute Gasteiger partial charge is 0.372 e. The van der Waals surface area contributed by atoms with Gasteiger partial charge < -0.3 is 5.32 Å². The first-order valence-corrected chi connectivity index (χ1v) is 8.85. The Morgan fingerprint density at radius 1 is 0.846 bits per heavy atom. The second-order valence-corrected chi connectivity index (χ2v) is 6.61. The molecule has 0 unspecified atom stereocenters. The van der Waals surface area contributed by atoms with E-state index >= 15 is 0 Å². The average molecular weight is 320 g/mol. The first kappa shape index (κ1) is 26.7. The Labute approximate surface area is 180 Å². The normalized spacial score (nSPS) is 8.96. The molecule has 1 rings (SSSR count). The summed E-state index contributed by atoms with van der Waals surface area (Å²) in [5, 5.41) is 4.84. The van der Waals surface area contributed by atoms with Gasteiger partial charge in [-0.15, -0.1) is 0 Å². The van der Waals surface area contributed by atoms with Gasteiger partial charge in [0.05, 0.1) is 0 Å². The second-order valence-electron chi connectivity index (χ2n) is 5.95. The molecule has 1 N–H and O–H groups in total. The van der Waals surface area contributed by atoms with Crippen molar-refractivity contribution in [2.45, 2.75) is 0 Å². The van der Waals surface area contributed by atoms with Crippen LogP contribution in [0.4, 0.5) is 5.82 Å². The SMILES string of the molecule is CNc1ccsn1.[B][B]B([B])B(B(B([B])[B])B([B])[B])B(B([B])[B])B([B])[B]. The Bertz CT molecular complexity index is 416. The van der Waals surface area contributed by atoms with E-state index in [9.17, 15) is 0 Å². The van der Waals surface area contributed by atoms with Crippen LogP contribution < -0.4 is 5.32 Å². The number of hydrogen-bond acceptors (Lipinski definition) is 3. The van der Waals surface area contributed by atoms with E-state index < -0.39 is 51.1 Å². The van der Waals surface area contributed by atoms with Crippen LogP contribution in [0, 0.1) is 0 Å². The van der Waals surface area contributed by atoms with Crippen molar-refractivity contribution in [3.05, 3.63) is 11.4 Å². The lowest BCUT2D eigenvalue weighted by atomic mass is 8.40. The van der Waals surface area contributed by atoms with Crippen LogP contribution in [0.3, 0.4) is 0 Å². The summed E-state index contributed by atoms with van der Waals surface area (Å²) in [6.45, 7) is 0. The van der Waals surface area contributed by atoms with Crippen LogP contribution in [-0.2, 0) is 0 Å². The summed E-state index contributed by atoms with van der Waals surface area (Å²) in [5.41, 5.74) is 0. The van der Waals surface area contributed by atoms with Gasteiger partial charge in [0.25, 0.3) is 0 Å². The fourth-order valence-electron chi connectivity index (χ4n) is 2.78. The molecule has 0 saturated carbocycles. The highest BCUT2D eigenvalue weighted by Crippen LogP contribution is 2.04. The number of hydrogen-bond donors (Lipinski definition) is 1. The molecule has 21 radical (unpaired) electrons. The van der Waals surface area contributed by atoms with Crippen LogP contribution in [0.15, 0.2) is 11.4 Å². The van der Waals surface area contributed by atoms with Gasteiger partial charge in [0.1, 0.15) is 5.82 Å². The number of nitrogens with zero attached hydrogens (tertiary/aromatic N) is 1. The monoisotopic (exact) mass is 323 g/mol. The molecular weight excluding hydrogens is 314 g/mol. The van der Waals surface area contributed by atoms with E-state index in [1.807, 2.05) is 18.5 Å². The molecule has 0 fully saturated rings. The van der Waals surface area contributed by atoms with Gasteiger partial charge >= 0.3 is 0 Å². The van der Waals surface area contributed by atoms with Gasteiger partial charge in [0, 0.05) is 148 Å². The Balaban J connectivity index is 0.000000735. The molecule has 2 nitrogen and oxygen atoms in total. The highest BCUT2D eigenvalue weighted by atomic mass is 32.1. The number of anilines is 1. The third kappa shape index (κ3) is 8.78. The summed E-state index contributed by atoms with van der Waals surface area (Å²) in [6, 6.07) is 1.94. The average Bonchev–Trinajstić information content (AvgIpc) is 3.06. The van der Waals surface area contributed by atoms with Gasteiger partial charge in [-0.25, -0.2) is 0 Å². The van der Waals surface area contributed by atoms with Crippen molar-refractivity contribution in [2.75, 3.05) is 12.4 Å². The molecule has 1 aromatic heterocycles. The van der Waals surface area contributed by atoms with Gasteiger partial charge in [-0.05, 0) is 17.6 Å². The van der Waals surface area contributed by atoms with Gasteiger partial charge in [0.15, 0.2) is 0 Å². The molecule has 95 valence electrons. The van der Waals surface area contributed by atoms with Crippen molar-refractivity contribution in [3.63, 3.8) is 0 Å². The second kappa shape index (κ2) is 13.8. The molecule has 0 aliphatic carbocycles. The maximum absolute atomic E-state index is 5.95. The fraction of sp³-hybridized carbons (Fsp3) is 0.250. The van der Waals surface area contributed by atoms with Crippen molar-refractivity contribution in [1.29, 1.82) is 0 Å². The predicted molar refractivity (Wildman–Crippen MR) is 141 cm³/mol. The lowest BCUT2D eigenvalue weighted by Crippen LogP contribution is -2.79. The number of rotatable bonds is 9. The van der Waals surface area contributed by atoms with Crippen LogP contribution in [0.5, 0.6) is 0 Å². The summed E-state index contributed by atoms with van der Waals surface area (Å²) in [6.07, 6.45) is -5.72. The molecule has 0 atom stereocenters. The van der Waals surface area contributed by atoms with Crippen molar-refractivity contribution in [1.82, 2.24) is 4.37 Å². The Morgan fingerprint density at radius 2 is 1.27 bits per heavy atom. The first-order valence-electron chi connectivity index (χ1n) is 8.01. The van der Waals surface area contributed by atoms with Gasteiger partial charge in [-0.1, -0.05) is 0 Å². The molecule has 22 heteroatoms. The first-order chi connectivity index (χ1) is 12.1. The predicted octanol–water partition coefficient (Wildman–Crippen LogP) is -6.05. The van der Waals surface area contributed by atoms with Crippen molar-refractivity contribution in [2.24, 2.45) is 0 Å². The molecule has 0 bridgehead atoms. The molecule has 0 aromatic carbocycles. The third-order valence-electron chi connectivity index (χ3n) is 4.03. The molecule has 1 heterocycles. The lowest BCUT2D eigenvalue weighted by molar-refractivity contribution is 1.43. The Hall–Kier alpha value is 0.664. The molecule has 1 aromatic rings. The van der Waals surface area contributed by atoms with E-state index in [1.54, 1.807) is 0 Å². The summed E-state index contributed by atoms with van der Waals surface area (Å²) in [7, 11) is 60.2. The third-order valence-corrected chi connectivity index (χ3v) is 4.59. The standard InChI is InChI=1S/C4H6N2S.B19/c1-5-4-2-3-7-6-4;1-11-16(10)19(17(12(2)3)13(4)5)18(14(6)7)15(8)9/h2-3H,1H3,(H,5,6);. The molecule has 0 saturated heterocycles. The minimum Gasteiger partial charge on any atom is -0.372 e. The van der Waals surface area contributed by atoms with Crippen molar-refractivity contribution >= 4 is 153 Å². The van der Waals surface area contributed by atoms with E-state index in [4.69, 9.17) is 77.4 Å². The lowest BCUT2D eigenvalue weighted by Gasteiger charge is -2.41. The Morgan fingerprint density at radius 3 is 1.46 bits per heavy atom. The van der Waals surface area contributed by atoms with Gasteiger partial charge in [-0.2, -0.15) is 4.37 Å². The number of nitrogens with one attached hydrogen (secondary N) is 1. The molecule has 0 aliphatic rings. The van der Waals surface area contributed by atoms with E-state index in [0.717, 1.165) is 5.82 Å². The van der Waals surface area contributed by atoms with Crippen LogP contribution in [-0.4, -0.2) is 147 Å². The number of aromatic nitrogens is 1. The van der Waals surface area contributed by atoms with Gasteiger partial charge in [-0.3, -0.25) is 0 Å². The molecule has 0 amide bonds. The minimum absolute atomic E-state index is 0.537. The van der Waals surface area contributed by atoms with Crippen LogP contribution in [0.2, 0.25) is 0 Å². The maximum atomic E-state index is 5.95. The summed E-state index contributed by atoms with van der Waals surface area (Å²) >= 11 is 1.45. The summed E-state index contributed by atoms with van der Waals surface area (Å²) < 4.78 is 3.97. The summed E-state index contributed by atoms with van der Waals surface area (Å²) in [5.74, 6) is 0.949. The zero-order chi connectivity index (χ0) is 20.4. The zero-order valence-electron chi connectivity index (χ0n) is 15.0. The summed E-state index contributed by atoms with van der Waals surface area (Å²) in [4.78, 5) is 0. The van der Waals surface area contributed by atoms with E-state index in [0.29, 0.717) is 0 Å². The highest BCUT2D eigenvalue weighted by Gasteiger charge is 2.42. The van der Waals surface area contributed by atoms with E-state index in [1.165, 1.54) is 18.6 Å². The molecular formula is C4H6B19N2S. The quantitative estimate of drug-likeness (QED) is 0.459. The molecule has 0 spiro atoms. The van der Waals surface area contributed by atoms with Gasteiger partial charge in [0.2, 0.25) is 0 Å². The minimum atomic E-state index is -0.837. The Kier molecular flexibility index (Phi) is 14.1. The van der Waals surface area contributed by atoms with Crippen LogP contribution in [0.25, 0.3) is 0 Å². The van der Waals surface area contributed by atoms with Crippen molar-refractivity contribution < 1.29 is 0 Å². The molecule has 0 aliphatic heterocycles. The fourth-order valence-corrected chi connectivity index (χ4v) is 3.30. The van der Waals surface area contributed by atoms with Crippen LogP contribution >= 0.6 is 11.5 Å². The smallest absolute Gasteiger partial charge is 0.139 e. The van der Waals surface area contributed by atoms with E-state index in [2.05, 4.69) is 9.69 Å². The van der Waals surface area contributed by atoms with Crippen LogP contribution in [0.1, 0.15) is 0 Å². The zero-order valence-corrected chi connectivity index (χ0v) is 15.8. The topological polar surface area (TPSA) is 24.9 Å².